The van der Waals surface area contributed by atoms with Crippen LogP contribution in [0.4, 0.5) is 0 Å². The predicted molar refractivity (Wildman–Crippen MR) is 97.2 cm³/mol. The molecule has 0 spiro atoms. The Morgan fingerprint density at radius 2 is 1.77 bits per heavy atom. The van der Waals surface area contributed by atoms with Gasteiger partial charge in [-0.05, 0) is 25.0 Å². The smallest absolute Gasteiger partial charge is 0.269 e. The van der Waals surface area contributed by atoms with Gasteiger partial charge in [-0.1, -0.05) is 27.7 Å². The highest BCUT2D eigenvalue weighted by Crippen LogP contribution is 2.29. The Kier molecular flexibility index (Phi) is 5.15. The number of rotatable bonds is 6. The first kappa shape index (κ1) is 18.2. The minimum Gasteiger partial charge on any atom is -0.465 e. The SMILES string of the molecule is CC(C)c1cc(C(=O)NC2CC(NC(=O)c3ccn[nH]3)C2)c(C(C)C)o1. The summed E-state index contributed by atoms with van der Waals surface area (Å²) in [5, 5.41) is 12.4. The average Bonchev–Trinajstić information content (AvgIpc) is 3.21. The Labute approximate surface area is 152 Å². The molecule has 0 bridgehead atoms. The van der Waals surface area contributed by atoms with E-state index >= 15 is 0 Å². The second kappa shape index (κ2) is 7.35. The molecule has 3 rings (SSSR count). The van der Waals surface area contributed by atoms with Crippen LogP contribution in [0.3, 0.4) is 0 Å². The van der Waals surface area contributed by atoms with Crippen LogP contribution in [0.25, 0.3) is 0 Å². The van der Waals surface area contributed by atoms with Crippen LogP contribution in [0.15, 0.2) is 22.7 Å². The fourth-order valence-corrected chi connectivity index (χ4v) is 3.08. The molecule has 0 saturated heterocycles. The molecule has 26 heavy (non-hydrogen) atoms. The van der Waals surface area contributed by atoms with E-state index in [0.717, 1.165) is 24.4 Å². The number of nitrogens with one attached hydrogen (secondary N) is 3. The monoisotopic (exact) mass is 358 g/mol. The van der Waals surface area contributed by atoms with Gasteiger partial charge in [0.1, 0.15) is 17.2 Å². The molecule has 2 amide bonds. The first-order valence-corrected chi connectivity index (χ1v) is 9.09. The summed E-state index contributed by atoms with van der Waals surface area (Å²) in [6.07, 6.45) is 2.98. The van der Waals surface area contributed by atoms with Gasteiger partial charge in [-0.3, -0.25) is 14.7 Å². The van der Waals surface area contributed by atoms with Crippen molar-refractivity contribution < 1.29 is 14.0 Å². The zero-order valence-corrected chi connectivity index (χ0v) is 15.6. The maximum absolute atomic E-state index is 12.7. The molecule has 0 aliphatic heterocycles. The molecule has 1 aliphatic rings. The third-order valence-corrected chi connectivity index (χ3v) is 4.67. The van der Waals surface area contributed by atoms with Crippen LogP contribution in [-0.4, -0.2) is 34.1 Å². The lowest BCUT2D eigenvalue weighted by Gasteiger charge is -2.36. The minimum absolute atomic E-state index is 0.0620. The van der Waals surface area contributed by atoms with Crippen molar-refractivity contribution in [2.24, 2.45) is 0 Å². The van der Waals surface area contributed by atoms with Crippen LogP contribution >= 0.6 is 0 Å². The van der Waals surface area contributed by atoms with Gasteiger partial charge < -0.3 is 15.1 Å². The molecule has 2 aromatic rings. The molecule has 140 valence electrons. The second-order valence-electron chi connectivity index (χ2n) is 7.52. The molecule has 0 atom stereocenters. The Bertz CT molecular complexity index is 771. The lowest BCUT2D eigenvalue weighted by Crippen LogP contribution is -2.53. The molecule has 0 radical (unpaired) electrons. The highest BCUT2D eigenvalue weighted by Gasteiger charge is 2.33. The standard InChI is InChI=1S/C19H26N4O3/c1-10(2)16-9-14(17(26-16)11(3)4)18(24)21-12-7-13(8-12)22-19(25)15-5-6-20-23-15/h5-6,9-13H,7-8H2,1-4H3,(H,20,23)(H,21,24)(H,22,25). The van der Waals surface area contributed by atoms with Crippen molar-refractivity contribution >= 4 is 11.8 Å². The van der Waals surface area contributed by atoms with Crippen molar-refractivity contribution in [1.82, 2.24) is 20.8 Å². The van der Waals surface area contributed by atoms with Gasteiger partial charge in [0.2, 0.25) is 0 Å². The molecule has 1 saturated carbocycles. The van der Waals surface area contributed by atoms with E-state index in [1.807, 2.05) is 33.8 Å². The van der Waals surface area contributed by atoms with Crippen LogP contribution < -0.4 is 10.6 Å². The summed E-state index contributed by atoms with van der Waals surface area (Å²) in [7, 11) is 0. The molecule has 0 aromatic carbocycles. The summed E-state index contributed by atoms with van der Waals surface area (Å²) in [5.74, 6) is 1.67. The van der Waals surface area contributed by atoms with Crippen molar-refractivity contribution in [3.8, 4) is 0 Å². The molecule has 3 N–H and O–H groups in total. The molecule has 0 unspecified atom stereocenters. The first-order chi connectivity index (χ1) is 12.3. The summed E-state index contributed by atoms with van der Waals surface area (Å²) >= 11 is 0. The number of H-pyrrole nitrogens is 1. The van der Waals surface area contributed by atoms with Gasteiger partial charge >= 0.3 is 0 Å². The van der Waals surface area contributed by atoms with Gasteiger partial charge in [-0.2, -0.15) is 5.10 Å². The molecular weight excluding hydrogens is 332 g/mol. The molecule has 2 aromatic heterocycles. The quantitative estimate of drug-likeness (QED) is 0.739. The van der Waals surface area contributed by atoms with E-state index in [1.54, 1.807) is 12.3 Å². The van der Waals surface area contributed by atoms with E-state index in [2.05, 4.69) is 20.8 Å². The molecule has 7 nitrogen and oxygen atoms in total. The van der Waals surface area contributed by atoms with Crippen molar-refractivity contribution in [3.05, 3.63) is 41.1 Å². The normalized spacial score (nSPS) is 19.5. The molecular formula is C19H26N4O3. The van der Waals surface area contributed by atoms with E-state index in [1.165, 1.54) is 0 Å². The van der Waals surface area contributed by atoms with Crippen molar-refractivity contribution in [1.29, 1.82) is 0 Å². The van der Waals surface area contributed by atoms with Gasteiger partial charge in [0.05, 0.1) is 5.56 Å². The Hall–Kier alpha value is -2.57. The topological polar surface area (TPSA) is 100 Å². The van der Waals surface area contributed by atoms with Crippen molar-refractivity contribution in [2.45, 2.75) is 64.5 Å². The van der Waals surface area contributed by atoms with E-state index in [9.17, 15) is 9.59 Å². The number of carbonyl (C=O) groups is 2. The van der Waals surface area contributed by atoms with Crippen LogP contribution in [0.2, 0.25) is 0 Å². The number of aromatic amines is 1. The number of furan rings is 1. The Morgan fingerprint density at radius 1 is 1.12 bits per heavy atom. The average molecular weight is 358 g/mol. The maximum atomic E-state index is 12.7. The van der Waals surface area contributed by atoms with Crippen LogP contribution in [0.1, 0.15) is 84.7 Å². The third-order valence-electron chi connectivity index (χ3n) is 4.67. The van der Waals surface area contributed by atoms with Gasteiger partial charge in [-0.15, -0.1) is 0 Å². The summed E-state index contributed by atoms with van der Waals surface area (Å²) in [5.41, 5.74) is 1.06. The third kappa shape index (κ3) is 3.81. The first-order valence-electron chi connectivity index (χ1n) is 9.09. The number of aromatic nitrogens is 2. The van der Waals surface area contributed by atoms with E-state index < -0.39 is 0 Å². The molecule has 2 heterocycles. The number of amides is 2. The summed E-state index contributed by atoms with van der Waals surface area (Å²) in [6.45, 7) is 8.13. The van der Waals surface area contributed by atoms with Crippen LogP contribution in [-0.2, 0) is 0 Å². The number of hydrogen-bond donors (Lipinski definition) is 3. The van der Waals surface area contributed by atoms with E-state index in [4.69, 9.17) is 4.42 Å². The van der Waals surface area contributed by atoms with Gasteiger partial charge in [0, 0.05) is 30.1 Å². The highest BCUT2D eigenvalue weighted by molar-refractivity contribution is 5.96. The number of hydrogen-bond acceptors (Lipinski definition) is 4. The lowest BCUT2D eigenvalue weighted by atomic mass is 9.86. The van der Waals surface area contributed by atoms with Gasteiger partial charge in [0.25, 0.3) is 11.8 Å². The summed E-state index contributed by atoms with van der Waals surface area (Å²) < 4.78 is 5.88. The van der Waals surface area contributed by atoms with Crippen molar-refractivity contribution in [3.63, 3.8) is 0 Å². The van der Waals surface area contributed by atoms with Gasteiger partial charge in [-0.25, -0.2) is 0 Å². The molecule has 1 aliphatic carbocycles. The number of nitrogens with zero attached hydrogens (tertiary/aromatic N) is 1. The van der Waals surface area contributed by atoms with Crippen molar-refractivity contribution in [2.75, 3.05) is 0 Å². The number of carbonyl (C=O) groups excluding carboxylic acids is 2. The second-order valence-corrected chi connectivity index (χ2v) is 7.52. The van der Waals surface area contributed by atoms with E-state index in [0.29, 0.717) is 11.3 Å². The van der Waals surface area contributed by atoms with Crippen LogP contribution in [0.5, 0.6) is 0 Å². The minimum atomic E-state index is -0.171. The summed E-state index contributed by atoms with van der Waals surface area (Å²) in [4.78, 5) is 24.6. The molecule has 1 fully saturated rings. The Balaban J connectivity index is 1.55. The largest absolute Gasteiger partial charge is 0.465 e. The maximum Gasteiger partial charge on any atom is 0.269 e. The fraction of sp³-hybridized carbons (Fsp3) is 0.526. The Morgan fingerprint density at radius 3 is 2.31 bits per heavy atom. The predicted octanol–water partition coefficient (Wildman–Crippen LogP) is 2.94. The fourth-order valence-electron chi connectivity index (χ4n) is 3.08. The molecule has 7 heteroatoms. The van der Waals surface area contributed by atoms with E-state index in [-0.39, 0.29) is 35.7 Å². The summed E-state index contributed by atoms with van der Waals surface area (Å²) in [6, 6.07) is 3.61. The highest BCUT2D eigenvalue weighted by atomic mass is 16.3. The van der Waals surface area contributed by atoms with Gasteiger partial charge in [0.15, 0.2) is 0 Å². The zero-order chi connectivity index (χ0) is 18.8. The lowest BCUT2D eigenvalue weighted by molar-refractivity contribution is 0.0858. The van der Waals surface area contributed by atoms with Crippen LogP contribution in [0, 0.1) is 0 Å². The zero-order valence-electron chi connectivity index (χ0n) is 15.6.